The number of amides is 1. The molecule has 2 rings (SSSR count). The van der Waals surface area contributed by atoms with Crippen molar-refractivity contribution in [1.29, 1.82) is 0 Å². The number of carbonyl (C=O) groups excluding carboxylic acids is 1. The van der Waals surface area contributed by atoms with Gasteiger partial charge in [-0.1, -0.05) is 0 Å². The zero-order valence-electron chi connectivity index (χ0n) is 9.07. The Hall–Kier alpha value is -0.320. The number of likely N-dealkylation sites (tertiary alicyclic amines) is 1. The van der Waals surface area contributed by atoms with Crippen molar-refractivity contribution < 1.29 is 9.53 Å². The molecule has 4 nitrogen and oxygen atoms in total. The number of nitrogens with zero attached hydrogens (tertiary/aromatic N) is 1. The molecule has 0 aliphatic carbocycles. The van der Waals surface area contributed by atoms with Crippen LogP contribution in [0.3, 0.4) is 0 Å². The molecule has 2 aliphatic rings. The molecule has 5 heteroatoms. The van der Waals surface area contributed by atoms with Gasteiger partial charge in [-0.3, -0.25) is 4.79 Å². The van der Waals surface area contributed by atoms with Crippen LogP contribution >= 0.6 is 12.4 Å². The van der Waals surface area contributed by atoms with Gasteiger partial charge < -0.3 is 15.0 Å². The highest BCUT2D eigenvalue weighted by molar-refractivity contribution is 5.85. The fraction of sp³-hybridized carbons (Fsp3) is 0.900. The molecule has 2 heterocycles. The normalized spacial score (nSPS) is 30.3. The Morgan fingerprint density at radius 1 is 1.47 bits per heavy atom. The van der Waals surface area contributed by atoms with Crippen molar-refractivity contribution >= 4 is 18.3 Å². The summed E-state index contributed by atoms with van der Waals surface area (Å²) in [6.07, 6.45) is 2.24. The average molecular weight is 235 g/mol. The van der Waals surface area contributed by atoms with Gasteiger partial charge in [-0.2, -0.15) is 0 Å². The summed E-state index contributed by atoms with van der Waals surface area (Å²) in [7, 11) is 1.72. The molecule has 2 fully saturated rings. The van der Waals surface area contributed by atoms with Crippen LogP contribution in [0.4, 0.5) is 0 Å². The van der Waals surface area contributed by atoms with E-state index in [0.717, 1.165) is 39.0 Å². The number of halogens is 1. The fourth-order valence-corrected chi connectivity index (χ4v) is 2.24. The van der Waals surface area contributed by atoms with Gasteiger partial charge in [-0.25, -0.2) is 0 Å². The highest BCUT2D eigenvalue weighted by Crippen LogP contribution is 2.18. The molecule has 0 saturated carbocycles. The first-order chi connectivity index (χ1) is 6.81. The molecule has 0 aromatic heterocycles. The quantitative estimate of drug-likeness (QED) is 0.746. The van der Waals surface area contributed by atoms with Crippen LogP contribution in [0.2, 0.25) is 0 Å². The molecular weight excluding hydrogens is 216 g/mol. The van der Waals surface area contributed by atoms with E-state index in [4.69, 9.17) is 4.74 Å². The zero-order chi connectivity index (χ0) is 9.97. The summed E-state index contributed by atoms with van der Waals surface area (Å²) in [6.45, 7) is 3.49. The van der Waals surface area contributed by atoms with E-state index in [1.165, 1.54) is 0 Å². The van der Waals surface area contributed by atoms with Crippen LogP contribution in [0.15, 0.2) is 0 Å². The van der Waals surface area contributed by atoms with Crippen molar-refractivity contribution in [1.82, 2.24) is 10.2 Å². The summed E-state index contributed by atoms with van der Waals surface area (Å²) in [5.74, 6) is 0.528. The van der Waals surface area contributed by atoms with Crippen molar-refractivity contribution in [3.63, 3.8) is 0 Å². The summed E-state index contributed by atoms with van der Waals surface area (Å²) in [4.78, 5) is 13.9. The van der Waals surface area contributed by atoms with E-state index in [0.29, 0.717) is 5.91 Å². The van der Waals surface area contributed by atoms with Gasteiger partial charge in [0.1, 0.15) is 0 Å². The van der Waals surface area contributed by atoms with E-state index in [2.05, 4.69) is 5.32 Å². The summed E-state index contributed by atoms with van der Waals surface area (Å²) in [5, 5.41) is 3.22. The summed E-state index contributed by atoms with van der Waals surface area (Å²) < 4.78 is 5.24. The number of ether oxygens (including phenoxy) is 1. The largest absolute Gasteiger partial charge is 0.380 e. The third kappa shape index (κ3) is 2.83. The molecule has 0 unspecified atom stereocenters. The Kier molecular flexibility index (Phi) is 4.83. The number of methoxy groups -OCH3 is 1. The minimum absolute atomic E-state index is 0. The minimum atomic E-state index is 0. The summed E-state index contributed by atoms with van der Waals surface area (Å²) in [6, 6.07) is 0. The van der Waals surface area contributed by atoms with Crippen LogP contribution < -0.4 is 5.32 Å². The van der Waals surface area contributed by atoms with Crippen molar-refractivity contribution in [3.05, 3.63) is 0 Å². The van der Waals surface area contributed by atoms with Gasteiger partial charge in [0.05, 0.1) is 12.0 Å². The number of nitrogens with one attached hydrogen (secondary N) is 1. The maximum Gasteiger partial charge on any atom is 0.227 e. The topological polar surface area (TPSA) is 41.6 Å². The first-order valence-electron chi connectivity index (χ1n) is 5.33. The van der Waals surface area contributed by atoms with E-state index < -0.39 is 0 Å². The van der Waals surface area contributed by atoms with E-state index >= 15 is 0 Å². The number of carbonyl (C=O) groups is 1. The lowest BCUT2D eigenvalue weighted by molar-refractivity contribution is -0.134. The first kappa shape index (κ1) is 12.7. The second-order valence-electron chi connectivity index (χ2n) is 4.12. The standard InChI is InChI=1S/C10H18N2O2.ClH/c1-14-9-3-5-12(7-9)10(13)8-2-4-11-6-8;/h8-9,11H,2-7H2,1H3;1H/t8-,9-;/m1./s1. The van der Waals surface area contributed by atoms with Gasteiger partial charge in [0.2, 0.25) is 5.91 Å². The molecular formula is C10H19ClN2O2. The van der Waals surface area contributed by atoms with E-state index in [-0.39, 0.29) is 24.4 Å². The van der Waals surface area contributed by atoms with Crippen LogP contribution in [0.1, 0.15) is 12.8 Å². The molecule has 0 radical (unpaired) electrons. The van der Waals surface area contributed by atoms with Crippen molar-refractivity contribution in [3.8, 4) is 0 Å². The average Bonchev–Trinajstić information content (AvgIpc) is 2.88. The van der Waals surface area contributed by atoms with Crippen LogP contribution in [0.25, 0.3) is 0 Å². The Balaban J connectivity index is 0.00000112. The lowest BCUT2D eigenvalue weighted by Gasteiger charge is -2.19. The maximum atomic E-state index is 11.9. The second kappa shape index (κ2) is 5.68. The predicted octanol–water partition coefficient (Wildman–Crippen LogP) is 0.265. The van der Waals surface area contributed by atoms with E-state index in [1.807, 2.05) is 4.90 Å². The maximum absolute atomic E-state index is 11.9. The molecule has 1 amide bonds. The lowest BCUT2D eigenvalue weighted by atomic mass is 10.1. The molecule has 2 aliphatic heterocycles. The highest BCUT2D eigenvalue weighted by atomic mass is 35.5. The molecule has 0 aromatic carbocycles. The van der Waals surface area contributed by atoms with Crippen molar-refractivity contribution in [2.75, 3.05) is 33.3 Å². The third-order valence-electron chi connectivity index (χ3n) is 3.20. The third-order valence-corrected chi connectivity index (χ3v) is 3.20. The van der Waals surface area contributed by atoms with Gasteiger partial charge in [0.15, 0.2) is 0 Å². The minimum Gasteiger partial charge on any atom is -0.380 e. The van der Waals surface area contributed by atoms with Crippen LogP contribution in [0, 0.1) is 5.92 Å². The highest BCUT2D eigenvalue weighted by Gasteiger charge is 2.31. The Bertz CT molecular complexity index is 219. The number of hydrogen-bond acceptors (Lipinski definition) is 3. The predicted molar refractivity (Wildman–Crippen MR) is 60.2 cm³/mol. The molecule has 2 saturated heterocycles. The van der Waals surface area contributed by atoms with E-state index in [1.54, 1.807) is 7.11 Å². The molecule has 0 bridgehead atoms. The molecule has 2 atom stereocenters. The Morgan fingerprint density at radius 2 is 2.27 bits per heavy atom. The second-order valence-corrected chi connectivity index (χ2v) is 4.12. The lowest BCUT2D eigenvalue weighted by Crippen LogP contribution is -2.36. The number of hydrogen-bond donors (Lipinski definition) is 1. The van der Waals surface area contributed by atoms with Gasteiger partial charge in [0, 0.05) is 26.7 Å². The Labute approximate surface area is 96.7 Å². The van der Waals surface area contributed by atoms with Crippen molar-refractivity contribution in [2.45, 2.75) is 18.9 Å². The van der Waals surface area contributed by atoms with Gasteiger partial charge in [-0.05, 0) is 19.4 Å². The summed E-state index contributed by atoms with van der Waals surface area (Å²) >= 11 is 0. The monoisotopic (exact) mass is 234 g/mol. The molecule has 88 valence electrons. The van der Waals surface area contributed by atoms with Crippen LogP contribution in [0.5, 0.6) is 0 Å². The Morgan fingerprint density at radius 3 is 2.80 bits per heavy atom. The van der Waals surface area contributed by atoms with Crippen molar-refractivity contribution in [2.24, 2.45) is 5.92 Å². The van der Waals surface area contributed by atoms with E-state index in [9.17, 15) is 4.79 Å². The SMILES string of the molecule is CO[C@@H]1CCN(C(=O)[C@@H]2CCNC2)C1.Cl. The molecule has 15 heavy (non-hydrogen) atoms. The smallest absolute Gasteiger partial charge is 0.227 e. The summed E-state index contributed by atoms with van der Waals surface area (Å²) in [5.41, 5.74) is 0. The number of rotatable bonds is 2. The zero-order valence-corrected chi connectivity index (χ0v) is 9.89. The van der Waals surface area contributed by atoms with Gasteiger partial charge >= 0.3 is 0 Å². The van der Waals surface area contributed by atoms with Gasteiger partial charge in [-0.15, -0.1) is 12.4 Å². The molecule has 0 spiro atoms. The van der Waals surface area contributed by atoms with Gasteiger partial charge in [0.25, 0.3) is 0 Å². The first-order valence-corrected chi connectivity index (χ1v) is 5.33. The fourth-order valence-electron chi connectivity index (χ4n) is 2.24. The molecule has 0 aromatic rings. The van der Waals surface area contributed by atoms with Crippen LogP contribution in [-0.4, -0.2) is 50.2 Å². The van der Waals surface area contributed by atoms with Crippen LogP contribution in [-0.2, 0) is 9.53 Å². The molecule has 1 N–H and O–H groups in total.